The van der Waals surface area contributed by atoms with Crippen LogP contribution in [0, 0.1) is 0 Å². The Balaban J connectivity index is 0.0000000993. The lowest BCUT2D eigenvalue weighted by Gasteiger charge is -2.20. The van der Waals surface area contributed by atoms with Gasteiger partial charge in [-0.25, -0.2) is 0 Å². The van der Waals surface area contributed by atoms with Gasteiger partial charge in [0.1, 0.15) is 33.5 Å². The second-order valence-corrected chi connectivity index (χ2v) is 38.1. The van der Waals surface area contributed by atoms with E-state index in [9.17, 15) is 0 Å². The van der Waals surface area contributed by atoms with Crippen molar-refractivity contribution in [1.29, 1.82) is 0 Å². The molecule has 3 aromatic heterocycles. The van der Waals surface area contributed by atoms with Crippen LogP contribution in [0.2, 0.25) is 0 Å². The molecule has 29 aromatic carbocycles. The number of fused-ring (bicyclic) bond motifs is 27. The van der Waals surface area contributed by atoms with Crippen molar-refractivity contribution in [1.82, 2.24) is 0 Å². The summed E-state index contributed by atoms with van der Waals surface area (Å²) < 4.78 is 19.2. The molecule has 0 aliphatic heterocycles. The predicted octanol–water partition coefficient (Wildman–Crippen LogP) is 39.8. The van der Waals surface area contributed by atoms with Gasteiger partial charge in [-0.2, -0.15) is 0 Å². The van der Waals surface area contributed by atoms with Crippen LogP contribution < -0.4 is 0 Å². The first-order valence-corrected chi connectivity index (χ1v) is 48.7. The Bertz CT molecular complexity index is 10800. The Labute approximate surface area is 808 Å². The fourth-order valence-electron chi connectivity index (χ4n) is 24.3. The first-order chi connectivity index (χ1) is 69.9. The van der Waals surface area contributed by atoms with Crippen LogP contribution in [0.4, 0.5) is 0 Å². The van der Waals surface area contributed by atoms with E-state index >= 15 is 0 Å². The number of furan rings is 3. The van der Waals surface area contributed by atoms with Gasteiger partial charge in [-0.3, -0.25) is 0 Å². The third-order valence-corrected chi connectivity index (χ3v) is 30.5. The highest BCUT2D eigenvalue weighted by Crippen LogP contribution is 2.54. The summed E-state index contributed by atoms with van der Waals surface area (Å²) in [5, 5.41) is 49.9. The summed E-state index contributed by atoms with van der Waals surface area (Å²) in [4.78, 5) is 0. The standard InChI is InChI=1S/C48H28O.C46H26O.C44H26O/c1-2-12-30-28-46-44(25-29(30)11-1)43-27-32(22-24-45(43)49-46)48-40-19-9-7-17-38(40)47(39-18-8-10-20-41(39)48)31-21-23-37-35-15-4-3-13-33(35)34-14-5-6-16-36(34)42(37)26-31;1-2-9-31-26-42-40(24-30(31)8-1)39-25-32(20-23-41(39)47-42)44-33-12-3-5-14-35(33)46(36-15-6-4-13-34(36)44)38-22-19-29-17-16-27-10-7-11-28-18-21-37(38)45(29)43(27)28;1-2-12-30-26-41-39(24-29(30)11-1)38-25-31(22-23-40(38)45-41)43-33-15-5-7-17-35(33)44(36-18-8-6-16-34(36)43)37-19-9-13-28-21-20-27-10-3-4-14-32(27)42(28)37/h1-28H;1-26H;1-26H. The molecule has 0 radical (unpaired) electrons. The fourth-order valence-corrected chi connectivity index (χ4v) is 24.3. The van der Waals surface area contributed by atoms with Crippen molar-refractivity contribution in [3.63, 3.8) is 0 Å². The summed E-state index contributed by atoms with van der Waals surface area (Å²) >= 11 is 0. The molecule has 0 atom stereocenters. The lowest BCUT2D eigenvalue weighted by Crippen LogP contribution is -1.92. The minimum atomic E-state index is 0.912. The Hall–Kier alpha value is -18.5. The summed E-state index contributed by atoms with van der Waals surface area (Å²) in [5.74, 6) is 0. The van der Waals surface area contributed by atoms with Gasteiger partial charge in [-0.1, -0.05) is 406 Å². The van der Waals surface area contributed by atoms with Crippen LogP contribution in [0.15, 0.2) is 499 Å². The molecule has 0 saturated carbocycles. The topological polar surface area (TPSA) is 39.4 Å². The molecular weight excluding hydrogens is 1710 g/mol. The predicted molar refractivity (Wildman–Crippen MR) is 603 cm³/mol. The molecule has 0 N–H and O–H groups in total. The fraction of sp³-hybridized carbons (Fsp3) is 0. The third-order valence-electron chi connectivity index (χ3n) is 30.5. The zero-order chi connectivity index (χ0) is 92.2. The number of hydrogen-bond acceptors (Lipinski definition) is 3. The normalized spacial score (nSPS) is 12.1. The van der Waals surface area contributed by atoms with Crippen molar-refractivity contribution >= 4 is 249 Å². The second kappa shape index (κ2) is 31.0. The molecule has 650 valence electrons. The van der Waals surface area contributed by atoms with Crippen LogP contribution in [0.5, 0.6) is 0 Å². The van der Waals surface area contributed by atoms with E-state index in [1.54, 1.807) is 0 Å². The van der Waals surface area contributed by atoms with Crippen molar-refractivity contribution in [3.05, 3.63) is 485 Å². The maximum Gasteiger partial charge on any atom is 0.136 e. The first kappa shape index (κ1) is 78.8. The largest absolute Gasteiger partial charge is 0.456 e. The van der Waals surface area contributed by atoms with Crippen molar-refractivity contribution in [2.24, 2.45) is 0 Å². The van der Waals surface area contributed by atoms with Gasteiger partial charge >= 0.3 is 0 Å². The SMILES string of the molecule is c1ccc2cc3c(cc2c1)oc1ccc(-c2c4ccccc4c(-c4ccc5c6ccccc6c6ccccc6c5c4)c4ccccc24)cc13.c1ccc2cc3c(cc2c1)oc1ccc(-c2c4ccccc4c(-c4ccc5ccc6cccc7ccc4c5c67)c4ccccc24)cc13.c1ccc2cc3c(cc2c1)oc1ccc(-c2c4ccccc4c(-c4cccc5ccc6ccccc6c45)c4ccccc24)cc13. The van der Waals surface area contributed by atoms with E-state index in [0.29, 0.717) is 0 Å². The first-order valence-electron chi connectivity index (χ1n) is 48.7. The summed E-state index contributed by atoms with van der Waals surface area (Å²) in [7, 11) is 0. The molecule has 0 fully saturated rings. The van der Waals surface area contributed by atoms with Crippen LogP contribution in [-0.4, -0.2) is 0 Å². The molecule has 3 nitrogen and oxygen atoms in total. The van der Waals surface area contributed by atoms with E-state index in [1.807, 2.05) is 0 Å². The molecule has 0 amide bonds. The molecule has 0 aliphatic rings. The quantitative estimate of drug-likeness (QED) is 0.123. The lowest BCUT2D eigenvalue weighted by atomic mass is 9.83. The van der Waals surface area contributed by atoms with E-state index < -0.39 is 0 Å². The van der Waals surface area contributed by atoms with Crippen LogP contribution in [0.25, 0.3) is 316 Å². The Kier molecular flexibility index (Phi) is 17.3. The van der Waals surface area contributed by atoms with Gasteiger partial charge in [0.25, 0.3) is 0 Å². The van der Waals surface area contributed by atoms with Gasteiger partial charge in [0, 0.05) is 32.3 Å². The second-order valence-electron chi connectivity index (χ2n) is 38.1. The highest BCUT2D eigenvalue weighted by atomic mass is 16.3. The molecule has 3 heteroatoms. The molecular formula is C138H80O3. The average molecular weight is 1790 g/mol. The molecule has 32 aromatic rings. The third kappa shape index (κ3) is 12.2. The maximum atomic E-state index is 6.40. The number of hydrogen-bond donors (Lipinski definition) is 0. The van der Waals surface area contributed by atoms with Gasteiger partial charge in [0.2, 0.25) is 0 Å². The lowest BCUT2D eigenvalue weighted by molar-refractivity contribution is 0.669. The van der Waals surface area contributed by atoms with Gasteiger partial charge < -0.3 is 13.3 Å². The summed E-state index contributed by atoms with van der Waals surface area (Å²) in [5.41, 5.74) is 20.5. The zero-order valence-electron chi connectivity index (χ0n) is 76.4. The molecule has 0 spiro atoms. The minimum Gasteiger partial charge on any atom is -0.456 e. The van der Waals surface area contributed by atoms with E-state index in [4.69, 9.17) is 13.3 Å². The van der Waals surface area contributed by atoms with Crippen molar-refractivity contribution < 1.29 is 13.3 Å². The zero-order valence-corrected chi connectivity index (χ0v) is 76.4. The van der Waals surface area contributed by atoms with Crippen LogP contribution >= 0.6 is 0 Å². The van der Waals surface area contributed by atoms with E-state index in [-0.39, 0.29) is 0 Å². The highest BCUT2D eigenvalue weighted by molar-refractivity contribution is 6.33. The highest BCUT2D eigenvalue weighted by Gasteiger charge is 2.27. The monoisotopic (exact) mass is 1780 g/mol. The molecule has 32 rings (SSSR count). The van der Waals surface area contributed by atoms with E-state index in [0.717, 1.165) is 65.8 Å². The average Bonchev–Trinajstić information content (AvgIpc) is 1.10. The molecule has 0 saturated heterocycles. The van der Waals surface area contributed by atoms with Gasteiger partial charge in [0.15, 0.2) is 0 Å². The van der Waals surface area contributed by atoms with Gasteiger partial charge in [-0.15, -0.1) is 0 Å². The Morgan fingerprint density at radius 3 is 0.709 bits per heavy atom. The van der Waals surface area contributed by atoms with Crippen LogP contribution in [-0.2, 0) is 0 Å². The van der Waals surface area contributed by atoms with Crippen molar-refractivity contribution in [2.75, 3.05) is 0 Å². The Morgan fingerprint density at radius 1 is 0.0993 bits per heavy atom. The summed E-state index contributed by atoms with van der Waals surface area (Å²) in [6.07, 6.45) is 0. The number of benzene rings is 29. The Morgan fingerprint density at radius 2 is 0.333 bits per heavy atom. The molecule has 0 bridgehead atoms. The smallest absolute Gasteiger partial charge is 0.136 e. The summed E-state index contributed by atoms with van der Waals surface area (Å²) in [6.45, 7) is 0. The molecule has 0 unspecified atom stereocenters. The van der Waals surface area contributed by atoms with Gasteiger partial charge in [-0.05, 0) is 329 Å². The van der Waals surface area contributed by atoms with Crippen molar-refractivity contribution in [2.45, 2.75) is 0 Å². The van der Waals surface area contributed by atoms with E-state index in [2.05, 4.69) is 485 Å². The summed E-state index contributed by atoms with van der Waals surface area (Å²) in [6, 6.07) is 178. The molecule has 0 aliphatic carbocycles. The van der Waals surface area contributed by atoms with E-state index in [1.165, 1.54) is 250 Å². The van der Waals surface area contributed by atoms with Crippen molar-refractivity contribution in [3.8, 4) is 66.8 Å². The van der Waals surface area contributed by atoms with Gasteiger partial charge in [0.05, 0.1) is 0 Å². The van der Waals surface area contributed by atoms with Crippen LogP contribution in [0.1, 0.15) is 0 Å². The van der Waals surface area contributed by atoms with Crippen LogP contribution in [0.3, 0.4) is 0 Å². The molecule has 141 heavy (non-hydrogen) atoms. The number of rotatable bonds is 6. The maximum absolute atomic E-state index is 6.40. The molecule has 3 heterocycles. The minimum absolute atomic E-state index is 0.912.